The van der Waals surface area contributed by atoms with E-state index in [0.717, 1.165) is 6.92 Å². The molecule has 454 valence electrons. The number of rotatable bonds is 17. The second kappa shape index (κ2) is 33.7. The van der Waals surface area contributed by atoms with Crippen LogP contribution in [0.1, 0.15) is 98.2 Å². The van der Waals surface area contributed by atoms with Crippen LogP contribution in [0, 0.1) is 17.8 Å². The highest BCUT2D eigenvalue weighted by Crippen LogP contribution is 2.21. The SMILES string of the molecule is CC[C@H](C)[C@@H]1NC(=O)[C@@H](CCCN=C(N)N)NC(=O)[C@H](CC(C)C)NC(=O)[C@H]([C@H](O)C(C)C)NC(=O)[C@@H](NC(=O)OCc2ccccc2)[C@@H](c2ccccc2)NC(=O)[C@H](CO)NC(=O)C([C@H](C)O)NC(=O)CNC(=O)[C@H]([C@H](C)O)NC1=O. The molecule has 0 radical (unpaired) electrons. The number of hydrogen-bond acceptors (Lipinski definition) is 16. The van der Waals surface area contributed by atoms with Crippen molar-refractivity contribution in [1.29, 1.82) is 0 Å². The maximum absolute atomic E-state index is 15.0. The Hall–Kier alpha value is -7.95. The second-order valence-electron chi connectivity index (χ2n) is 20.8. The van der Waals surface area contributed by atoms with Crippen LogP contribution in [0.5, 0.6) is 0 Å². The molecule has 0 bridgehead atoms. The van der Waals surface area contributed by atoms with Gasteiger partial charge in [-0.3, -0.25) is 48.1 Å². The van der Waals surface area contributed by atoms with Crippen LogP contribution in [0.2, 0.25) is 0 Å². The first-order valence-corrected chi connectivity index (χ1v) is 27.1. The second-order valence-corrected chi connectivity index (χ2v) is 20.8. The summed E-state index contributed by atoms with van der Waals surface area (Å²) in [5.74, 6) is -11.7. The summed E-state index contributed by atoms with van der Waals surface area (Å²) in [6.07, 6.45) is -6.08. The molecule has 28 nitrogen and oxygen atoms in total. The molecule has 1 aliphatic heterocycles. The molecule has 13 atom stereocenters. The van der Waals surface area contributed by atoms with Gasteiger partial charge in [0.05, 0.1) is 37.5 Å². The third-order valence-electron chi connectivity index (χ3n) is 13.3. The van der Waals surface area contributed by atoms with Crippen LogP contribution in [-0.4, -0.2) is 172 Å². The fraction of sp³-hybridized carbons (Fsp3) is 0.574. The minimum absolute atomic E-state index is 0.00854. The Morgan fingerprint density at radius 2 is 1.15 bits per heavy atom. The van der Waals surface area contributed by atoms with Gasteiger partial charge in [0.15, 0.2) is 5.96 Å². The third-order valence-corrected chi connectivity index (χ3v) is 13.3. The first-order valence-electron chi connectivity index (χ1n) is 27.1. The average Bonchev–Trinajstić information content (AvgIpc) is 3.61. The Kier molecular flexibility index (Phi) is 28.1. The van der Waals surface area contributed by atoms with Gasteiger partial charge in [-0.1, -0.05) is 109 Å². The largest absolute Gasteiger partial charge is 0.445 e. The molecule has 1 unspecified atom stereocenters. The molecule has 0 spiro atoms. The molecule has 1 saturated heterocycles. The molecule has 10 amide bonds. The molecule has 1 fully saturated rings. The van der Waals surface area contributed by atoms with Gasteiger partial charge in [-0.2, -0.15) is 0 Å². The Morgan fingerprint density at radius 3 is 1.71 bits per heavy atom. The van der Waals surface area contributed by atoms with Gasteiger partial charge < -0.3 is 89.8 Å². The number of benzene rings is 2. The van der Waals surface area contributed by atoms with Crippen molar-refractivity contribution in [2.45, 2.75) is 160 Å². The standard InChI is InChI=1S/C54H83N13O15/c1-9-29(6)38-49(77)64-39(30(7)69)48(76)58-24-37(71)62-40(31(8)70)50(78)61-36(25-68)47(75)65-41(33-19-14-11-15-20-33)42(67-54(81)82-26-32-17-12-10-13-18-32)51(79)66-43(44(72)28(4)5)52(80)60-35(23-27(2)3)46(74)59-34(45(73)63-38)21-16-22-57-53(55)56/h10-15,17-20,27-31,34-36,38-44,68-70,72H,9,16,21-26H2,1-8H3,(H,58,76)(H,59,74)(H,60,80)(H,61,78)(H,62,71)(H,63,73)(H,64,77)(H,65,75)(H,66,79)(H,67,81)(H4,55,56,57)/t29-,30-,31-,34+,35-,36-,38-,39-,40?,41+,42-,43-,44+/m0/s1. The van der Waals surface area contributed by atoms with Gasteiger partial charge in [0.1, 0.15) is 54.9 Å². The molecule has 1 aliphatic rings. The van der Waals surface area contributed by atoms with Crippen molar-refractivity contribution in [3.05, 3.63) is 71.8 Å². The quantitative estimate of drug-likeness (QED) is 0.0417. The first kappa shape index (κ1) is 68.3. The normalized spacial score (nSPS) is 25.0. The van der Waals surface area contributed by atoms with Crippen LogP contribution in [-0.2, 0) is 54.5 Å². The predicted molar refractivity (Wildman–Crippen MR) is 298 cm³/mol. The lowest BCUT2D eigenvalue weighted by Gasteiger charge is -2.33. The highest BCUT2D eigenvalue weighted by atomic mass is 16.5. The number of nitrogens with one attached hydrogen (secondary N) is 10. The number of amides is 10. The number of ether oxygens (including phenoxy) is 1. The van der Waals surface area contributed by atoms with Gasteiger partial charge in [0.2, 0.25) is 53.2 Å². The molecule has 2 aromatic rings. The van der Waals surface area contributed by atoms with E-state index in [1.165, 1.54) is 45.0 Å². The Morgan fingerprint density at radius 1 is 0.634 bits per heavy atom. The third kappa shape index (κ3) is 21.8. The Balaban J connectivity index is 2.30. The number of hydrogen-bond donors (Lipinski definition) is 16. The van der Waals surface area contributed by atoms with Crippen LogP contribution in [0.3, 0.4) is 0 Å². The van der Waals surface area contributed by atoms with Crippen molar-refractivity contribution >= 4 is 65.2 Å². The summed E-state index contributed by atoms with van der Waals surface area (Å²) >= 11 is 0. The molecular formula is C54H83N13O15. The summed E-state index contributed by atoms with van der Waals surface area (Å²) in [6, 6.07) is 0.556. The number of aliphatic hydroxyl groups excluding tert-OH is 4. The van der Waals surface area contributed by atoms with E-state index in [2.05, 4.69) is 58.2 Å². The fourth-order valence-corrected chi connectivity index (χ4v) is 8.38. The topological polar surface area (TPSA) is 446 Å². The van der Waals surface area contributed by atoms with Gasteiger partial charge >= 0.3 is 6.09 Å². The average molecular weight is 1150 g/mol. The summed E-state index contributed by atoms with van der Waals surface area (Å²) in [4.78, 5) is 145. The minimum Gasteiger partial charge on any atom is -0.445 e. The maximum Gasteiger partial charge on any atom is 0.408 e. The molecule has 18 N–H and O–H groups in total. The number of carbonyl (C=O) groups is 10. The van der Waals surface area contributed by atoms with Crippen molar-refractivity contribution in [2.24, 2.45) is 34.2 Å². The molecule has 28 heteroatoms. The molecule has 0 aliphatic carbocycles. The van der Waals surface area contributed by atoms with Crippen LogP contribution in [0.4, 0.5) is 4.79 Å². The number of aliphatic hydroxyl groups is 4. The zero-order valence-corrected chi connectivity index (χ0v) is 47.5. The summed E-state index contributed by atoms with van der Waals surface area (Å²) < 4.78 is 5.47. The minimum atomic E-state index is -1.96. The summed E-state index contributed by atoms with van der Waals surface area (Å²) in [7, 11) is 0. The summed E-state index contributed by atoms with van der Waals surface area (Å²) in [5, 5.41) is 68.1. The Bertz CT molecular complexity index is 2500. The van der Waals surface area contributed by atoms with E-state index in [4.69, 9.17) is 16.2 Å². The zero-order valence-electron chi connectivity index (χ0n) is 47.5. The van der Waals surface area contributed by atoms with E-state index in [1.54, 1.807) is 64.1 Å². The number of nitrogens with zero attached hydrogens (tertiary/aromatic N) is 1. The van der Waals surface area contributed by atoms with Gasteiger partial charge in [-0.25, -0.2) is 4.79 Å². The molecule has 1 heterocycles. The molecule has 2 aromatic carbocycles. The lowest BCUT2D eigenvalue weighted by Crippen LogP contribution is -2.64. The lowest BCUT2D eigenvalue weighted by atomic mass is 9.94. The number of aliphatic imine (C=N–C) groups is 1. The number of alkyl carbamates (subject to hydrolysis) is 1. The first-order chi connectivity index (χ1) is 38.7. The molecule has 82 heavy (non-hydrogen) atoms. The van der Waals surface area contributed by atoms with E-state index in [-0.39, 0.29) is 56.3 Å². The maximum atomic E-state index is 15.0. The summed E-state index contributed by atoms with van der Waals surface area (Å²) in [5.41, 5.74) is 11.7. The van der Waals surface area contributed by atoms with E-state index in [0.29, 0.717) is 5.56 Å². The van der Waals surface area contributed by atoms with Crippen LogP contribution in [0.15, 0.2) is 65.7 Å². The fourth-order valence-electron chi connectivity index (χ4n) is 8.38. The van der Waals surface area contributed by atoms with Crippen LogP contribution < -0.4 is 64.6 Å². The highest BCUT2D eigenvalue weighted by Gasteiger charge is 2.41. The van der Waals surface area contributed by atoms with Gasteiger partial charge in [0, 0.05) is 6.54 Å². The van der Waals surface area contributed by atoms with Crippen LogP contribution >= 0.6 is 0 Å². The van der Waals surface area contributed by atoms with Crippen molar-refractivity contribution in [3.63, 3.8) is 0 Å². The number of nitrogens with two attached hydrogens (primary N) is 2. The lowest BCUT2D eigenvalue weighted by molar-refractivity contribution is -0.138. The van der Waals surface area contributed by atoms with Crippen molar-refractivity contribution < 1.29 is 73.1 Å². The smallest absolute Gasteiger partial charge is 0.408 e. The monoisotopic (exact) mass is 1150 g/mol. The molecule has 3 rings (SSSR count). The zero-order chi connectivity index (χ0) is 61.4. The van der Waals surface area contributed by atoms with Crippen molar-refractivity contribution in [1.82, 2.24) is 53.2 Å². The van der Waals surface area contributed by atoms with E-state index in [1.807, 2.05) is 0 Å². The summed E-state index contributed by atoms with van der Waals surface area (Å²) in [6.45, 7) is 9.77. The molecule has 0 saturated carbocycles. The van der Waals surface area contributed by atoms with Crippen molar-refractivity contribution in [2.75, 3.05) is 19.7 Å². The van der Waals surface area contributed by atoms with Gasteiger partial charge in [0.25, 0.3) is 0 Å². The van der Waals surface area contributed by atoms with Gasteiger partial charge in [-0.05, 0) is 62.0 Å². The number of guanidine groups is 1. The molecule has 0 aromatic heterocycles. The predicted octanol–water partition coefficient (Wildman–Crippen LogP) is -3.42. The highest BCUT2D eigenvalue weighted by molar-refractivity contribution is 5.99. The van der Waals surface area contributed by atoms with E-state index < -0.39 is 157 Å². The Labute approximate surface area is 476 Å². The van der Waals surface area contributed by atoms with E-state index >= 15 is 0 Å². The van der Waals surface area contributed by atoms with Crippen LogP contribution in [0.25, 0.3) is 0 Å². The van der Waals surface area contributed by atoms with E-state index in [9.17, 15) is 68.4 Å². The van der Waals surface area contributed by atoms with Gasteiger partial charge in [-0.15, -0.1) is 0 Å². The number of carbonyl (C=O) groups excluding carboxylic acids is 10. The molecular weight excluding hydrogens is 1070 g/mol. The van der Waals surface area contributed by atoms with Crippen molar-refractivity contribution in [3.8, 4) is 0 Å².